The molecular formula is C30H34Cl2Zr. The van der Waals surface area contributed by atoms with Crippen LogP contribution in [0.3, 0.4) is 0 Å². The van der Waals surface area contributed by atoms with E-state index in [2.05, 4.69) is 75.5 Å². The predicted molar refractivity (Wildman–Crippen MR) is 130 cm³/mol. The first-order valence-corrected chi connectivity index (χ1v) is 14.9. The zero-order valence-corrected chi connectivity index (χ0v) is 23.8. The molecular weight excluding hydrogens is 522 g/mol. The first-order valence-electron chi connectivity index (χ1n) is 12.0. The molecule has 4 aliphatic carbocycles. The van der Waals surface area contributed by atoms with Crippen molar-refractivity contribution < 1.29 is 48.0 Å². The van der Waals surface area contributed by atoms with Gasteiger partial charge in [-0.1, -0.05) is 0 Å². The molecule has 0 aliphatic heterocycles. The second-order valence-electron chi connectivity index (χ2n) is 10.0. The third-order valence-corrected chi connectivity index (χ3v) is 12.7. The molecule has 0 amide bonds. The van der Waals surface area contributed by atoms with Crippen LogP contribution in [0.25, 0.3) is 11.1 Å². The molecule has 2 aromatic carbocycles. The maximum Gasteiger partial charge on any atom is -1.00 e. The number of halogens is 2. The molecule has 0 N–H and O–H groups in total. The molecule has 3 heteroatoms. The van der Waals surface area contributed by atoms with Gasteiger partial charge in [0, 0.05) is 0 Å². The van der Waals surface area contributed by atoms with Gasteiger partial charge in [0.15, 0.2) is 0 Å². The van der Waals surface area contributed by atoms with Crippen molar-refractivity contribution in [1.29, 1.82) is 0 Å². The number of allylic oxidation sites excluding steroid dienone is 4. The van der Waals surface area contributed by atoms with E-state index in [9.17, 15) is 0 Å². The molecule has 0 saturated carbocycles. The van der Waals surface area contributed by atoms with Gasteiger partial charge in [-0.3, -0.25) is 0 Å². The van der Waals surface area contributed by atoms with E-state index in [1.54, 1.807) is 33.4 Å². The molecule has 172 valence electrons. The Hall–Kier alpha value is -0.877. The fourth-order valence-corrected chi connectivity index (χ4v) is 12.8. The summed E-state index contributed by atoms with van der Waals surface area (Å²) in [5.41, 5.74) is 13.7. The molecule has 4 unspecified atom stereocenters. The Morgan fingerprint density at radius 3 is 1.48 bits per heavy atom. The molecule has 0 bridgehead atoms. The molecule has 0 heterocycles. The SMILES string of the molecule is C=C.CC1CC2=C(Cc3ccccc32)[CH]([Zr+2][CH]2CC(C)CC3=C2Cc2ccccc23)C1.[Cl-].[Cl-]. The number of fused-ring (bicyclic) bond motifs is 4. The average molecular weight is 557 g/mol. The average Bonchev–Trinajstić information content (AvgIpc) is 3.34. The van der Waals surface area contributed by atoms with Gasteiger partial charge in [0.25, 0.3) is 0 Å². The van der Waals surface area contributed by atoms with Gasteiger partial charge in [-0.25, -0.2) is 0 Å². The summed E-state index contributed by atoms with van der Waals surface area (Å²) in [5.74, 6) is 1.72. The number of rotatable bonds is 2. The van der Waals surface area contributed by atoms with Crippen molar-refractivity contribution in [1.82, 2.24) is 0 Å². The van der Waals surface area contributed by atoms with Crippen LogP contribution in [0.5, 0.6) is 0 Å². The molecule has 0 nitrogen and oxygen atoms in total. The van der Waals surface area contributed by atoms with Gasteiger partial charge in [-0.05, 0) is 0 Å². The first-order chi connectivity index (χ1) is 15.2. The molecule has 0 saturated heterocycles. The van der Waals surface area contributed by atoms with Crippen LogP contribution < -0.4 is 24.8 Å². The molecule has 0 fully saturated rings. The maximum absolute atomic E-state index is 3.00. The minimum Gasteiger partial charge on any atom is -1.00 e. The van der Waals surface area contributed by atoms with Crippen LogP contribution in [-0.2, 0) is 36.1 Å². The summed E-state index contributed by atoms with van der Waals surface area (Å²) in [5, 5.41) is 0. The quantitative estimate of drug-likeness (QED) is 0.499. The van der Waals surface area contributed by atoms with Crippen LogP contribution in [0.1, 0.15) is 61.8 Å². The standard InChI is InChI=1S/2C14H15.C2H4.2ClH.Zr/c2*1-10-6-7-12-9-11-4-2-3-5-13(11)14(12)8-10;1-2;;;/h2*2-5,7,10H,6,8-9H2,1H3;1-2H2;2*1H;/q;;;;;+2/p-2. The molecule has 6 rings (SSSR count). The van der Waals surface area contributed by atoms with Gasteiger partial charge in [0.2, 0.25) is 0 Å². The molecule has 0 radical (unpaired) electrons. The van der Waals surface area contributed by atoms with E-state index in [0.29, 0.717) is 0 Å². The van der Waals surface area contributed by atoms with Crippen molar-refractivity contribution in [3.8, 4) is 0 Å². The third-order valence-electron chi connectivity index (χ3n) is 7.85. The van der Waals surface area contributed by atoms with Crippen LogP contribution >= 0.6 is 0 Å². The van der Waals surface area contributed by atoms with Crippen molar-refractivity contribution in [2.45, 2.75) is 59.6 Å². The Morgan fingerprint density at radius 1 is 0.667 bits per heavy atom. The topological polar surface area (TPSA) is 0 Å². The van der Waals surface area contributed by atoms with Crippen molar-refractivity contribution in [3.63, 3.8) is 0 Å². The van der Waals surface area contributed by atoms with E-state index in [1.807, 2.05) is 11.1 Å². The summed E-state index contributed by atoms with van der Waals surface area (Å²) >= 11 is -0.543. The summed E-state index contributed by atoms with van der Waals surface area (Å²) in [6, 6.07) is 18.5. The van der Waals surface area contributed by atoms with Crippen LogP contribution in [0, 0.1) is 11.8 Å². The fraction of sp³-hybridized carbons (Fsp3) is 0.400. The normalized spacial score (nSPS) is 26.4. The zero-order chi connectivity index (χ0) is 21.5. The van der Waals surface area contributed by atoms with E-state index >= 15 is 0 Å². The van der Waals surface area contributed by atoms with Crippen molar-refractivity contribution >= 4 is 11.1 Å². The number of benzene rings is 2. The predicted octanol–water partition coefficient (Wildman–Crippen LogP) is 2.34. The molecule has 4 atom stereocenters. The van der Waals surface area contributed by atoms with Gasteiger partial charge in [0.05, 0.1) is 0 Å². The molecule has 33 heavy (non-hydrogen) atoms. The Bertz CT molecular complexity index is 983. The van der Waals surface area contributed by atoms with Crippen molar-refractivity contribution in [3.05, 3.63) is 95.1 Å². The van der Waals surface area contributed by atoms with E-state index in [1.165, 1.54) is 38.5 Å². The minimum atomic E-state index is -0.543. The monoisotopic (exact) mass is 554 g/mol. The smallest absolute Gasteiger partial charge is 1.00 e. The molecule has 4 aliphatic rings. The maximum atomic E-state index is 3.00. The Kier molecular flexibility index (Phi) is 9.10. The van der Waals surface area contributed by atoms with Crippen LogP contribution in [-0.4, -0.2) is 0 Å². The van der Waals surface area contributed by atoms with Crippen LogP contribution in [0.2, 0.25) is 7.25 Å². The van der Waals surface area contributed by atoms with Crippen molar-refractivity contribution in [2.24, 2.45) is 11.8 Å². The van der Waals surface area contributed by atoms with E-state index < -0.39 is 23.2 Å². The van der Waals surface area contributed by atoms with E-state index in [0.717, 1.165) is 19.1 Å². The number of hydrogen-bond acceptors (Lipinski definition) is 0. The Balaban J connectivity index is 0.000000747. The summed E-state index contributed by atoms with van der Waals surface area (Å²) in [7, 11) is 0. The van der Waals surface area contributed by atoms with Crippen molar-refractivity contribution in [2.75, 3.05) is 0 Å². The van der Waals surface area contributed by atoms with Gasteiger partial charge in [-0.2, -0.15) is 0 Å². The summed E-state index contributed by atoms with van der Waals surface area (Å²) in [6.45, 7) is 11.0. The first kappa shape index (κ1) is 26.7. The van der Waals surface area contributed by atoms with E-state index in [-0.39, 0.29) is 24.8 Å². The molecule has 0 spiro atoms. The second kappa shape index (κ2) is 11.2. The van der Waals surface area contributed by atoms with Gasteiger partial charge >= 0.3 is 188 Å². The minimum absolute atomic E-state index is 0. The molecule has 2 aromatic rings. The third kappa shape index (κ3) is 4.94. The number of hydrogen-bond donors (Lipinski definition) is 0. The Morgan fingerprint density at radius 2 is 1.06 bits per heavy atom. The zero-order valence-electron chi connectivity index (χ0n) is 19.8. The van der Waals surface area contributed by atoms with Gasteiger partial charge in [-0.15, -0.1) is 13.2 Å². The van der Waals surface area contributed by atoms with Gasteiger partial charge in [0.1, 0.15) is 0 Å². The second-order valence-corrected chi connectivity index (χ2v) is 14.3. The summed E-state index contributed by atoms with van der Waals surface area (Å²) < 4.78 is 1.91. The van der Waals surface area contributed by atoms with Gasteiger partial charge < -0.3 is 24.8 Å². The van der Waals surface area contributed by atoms with Crippen LogP contribution in [0.4, 0.5) is 0 Å². The van der Waals surface area contributed by atoms with E-state index in [4.69, 9.17) is 0 Å². The summed E-state index contributed by atoms with van der Waals surface area (Å²) in [6.07, 6.45) is 8.11. The molecule has 0 aromatic heterocycles. The summed E-state index contributed by atoms with van der Waals surface area (Å²) in [4.78, 5) is 0. The van der Waals surface area contributed by atoms with Crippen LogP contribution in [0.15, 0.2) is 72.8 Å². The largest absolute Gasteiger partial charge is 1.00 e. The Labute approximate surface area is 224 Å². The fourth-order valence-electron chi connectivity index (χ4n) is 6.59.